The van der Waals surface area contributed by atoms with Crippen molar-refractivity contribution < 1.29 is 14.5 Å². The van der Waals surface area contributed by atoms with Crippen LogP contribution in [0.25, 0.3) is 0 Å². The minimum Gasteiger partial charge on any atom is -0.469 e. The van der Waals surface area contributed by atoms with Crippen LogP contribution in [0.3, 0.4) is 0 Å². The molecule has 10 nitrogen and oxygen atoms in total. The van der Waals surface area contributed by atoms with Gasteiger partial charge in [-0.15, -0.1) is 0 Å². The Kier molecular flexibility index (Phi) is 5.43. The standard InChI is InChI=1S/C17H20N6O4/c1-11-4-3-7-18-14(11)21-15-13(23(25)26)16(20-10-19-15)22-8-5-12(6-9-22)17(24)27-2/h3-4,7,10,12H,5-6,8-9H2,1-2H3,(H,18,19,20,21). The highest BCUT2D eigenvalue weighted by Gasteiger charge is 2.32. The molecule has 1 N–H and O–H groups in total. The number of anilines is 3. The maximum absolute atomic E-state index is 11.7. The summed E-state index contributed by atoms with van der Waals surface area (Å²) < 4.78 is 4.78. The van der Waals surface area contributed by atoms with E-state index in [1.54, 1.807) is 17.2 Å². The van der Waals surface area contributed by atoms with Crippen molar-refractivity contribution in [1.82, 2.24) is 15.0 Å². The van der Waals surface area contributed by atoms with Crippen LogP contribution in [0.15, 0.2) is 24.7 Å². The molecule has 10 heteroatoms. The average Bonchev–Trinajstić information content (AvgIpc) is 2.69. The van der Waals surface area contributed by atoms with Crippen LogP contribution in [0.2, 0.25) is 0 Å². The number of nitrogens with one attached hydrogen (secondary N) is 1. The first-order chi connectivity index (χ1) is 13.0. The molecule has 0 atom stereocenters. The van der Waals surface area contributed by atoms with E-state index in [4.69, 9.17) is 4.74 Å². The van der Waals surface area contributed by atoms with E-state index < -0.39 is 4.92 Å². The average molecular weight is 372 g/mol. The van der Waals surface area contributed by atoms with Gasteiger partial charge in [0.2, 0.25) is 11.6 Å². The molecule has 0 saturated carbocycles. The van der Waals surface area contributed by atoms with Crippen molar-refractivity contribution in [1.29, 1.82) is 0 Å². The summed E-state index contributed by atoms with van der Waals surface area (Å²) in [6, 6.07) is 3.63. The van der Waals surface area contributed by atoms with Gasteiger partial charge in [-0.1, -0.05) is 6.07 Å². The Morgan fingerprint density at radius 3 is 2.67 bits per heavy atom. The van der Waals surface area contributed by atoms with Crippen LogP contribution in [0.1, 0.15) is 18.4 Å². The maximum Gasteiger partial charge on any atom is 0.353 e. The molecular weight excluding hydrogens is 352 g/mol. The Balaban J connectivity index is 1.88. The molecule has 1 saturated heterocycles. The van der Waals surface area contributed by atoms with Crippen molar-refractivity contribution in [3.63, 3.8) is 0 Å². The lowest BCUT2D eigenvalue weighted by atomic mass is 9.97. The number of piperidine rings is 1. The molecule has 3 rings (SSSR count). The number of hydrogen-bond donors (Lipinski definition) is 1. The van der Waals surface area contributed by atoms with E-state index in [2.05, 4.69) is 20.3 Å². The highest BCUT2D eigenvalue weighted by atomic mass is 16.6. The molecule has 1 fully saturated rings. The molecule has 3 heterocycles. The smallest absolute Gasteiger partial charge is 0.353 e. The number of nitro groups is 1. The fraction of sp³-hybridized carbons (Fsp3) is 0.412. The van der Waals surface area contributed by atoms with E-state index in [1.807, 2.05) is 13.0 Å². The Labute approximate surface area is 155 Å². The number of pyridine rings is 1. The van der Waals surface area contributed by atoms with Crippen molar-refractivity contribution in [2.45, 2.75) is 19.8 Å². The quantitative estimate of drug-likeness (QED) is 0.478. The Morgan fingerprint density at radius 1 is 1.30 bits per heavy atom. The van der Waals surface area contributed by atoms with E-state index >= 15 is 0 Å². The molecule has 0 spiro atoms. The SMILES string of the molecule is COC(=O)C1CCN(c2ncnc(Nc3ncccc3C)c2[N+](=O)[O-])CC1. The molecule has 27 heavy (non-hydrogen) atoms. The second-order valence-corrected chi connectivity index (χ2v) is 6.23. The van der Waals surface area contributed by atoms with Crippen molar-refractivity contribution >= 4 is 29.1 Å². The van der Waals surface area contributed by atoms with Crippen LogP contribution >= 0.6 is 0 Å². The first kappa shape index (κ1) is 18.5. The normalized spacial score (nSPS) is 14.7. The Morgan fingerprint density at radius 2 is 2.04 bits per heavy atom. The number of esters is 1. The van der Waals surface area contributed by atoms with Crippen LogP contribution in [-0.2, 0) is 9.53 Å². The van der Waals surface area contributed by atoms with Gasteiger partial charge in [-0.25, -0.2) is 15.0 Å². The number of carbonyl (C=O) groups excluding carboxylic acids is 1. The van der Waals surface area contributed by atoms with Crippen LogP contribution in [0, 0.1) is 23.0 Å². The predicted octanol–water partition coefficient (Wildman–Crippen LogP) is 2.22. The van der Waals surface area contributed by atoms with Crippen molar-refractivity contribution in [2.75, 3.05) is 30.4 Å². The summed E-state index contributed by atoms with van der Waals surface area (Å²) in [5.41, 5.74) is 0.630. The van der Waals surface area contributed by atoms with Gasteiger partial charge in [0, 0.05) is 19.3 Å². The number of aryl methyl sites for hydroxylation is 1. The fourth-order valence-electron chi connectivity index (χ4n) is 3.08. The van der Waals surface area contributed by atoms with E-state index in [0.29, 0.717) is 31.7 Å². The third kappa shape index (κ3) is 3.94. The zero-order valence-corrected chi connectivity index (χ0v) is 15.1. The molecule has 2 aromatic rings. The van der Waals surface area contributed by atoms with Gasteiger partial charge in [-0.2, -0.15) is 0 Å². The summed E-state index contributed by atoms with van der Waals surface area (Å²) in [6.07, 6.45) is 3.99. The molecule has 0 bridgehead atoms. The van der Waals surface area contributed by atoms with Crippen LogP contribution in [0.5, 0.6) is 0 Å². The van der Waals surface area contributed by atoms with Crippen LogP contribution in [0.4, 0.5) is 23.1 Å². The predicted molar refractivity (Wildman–Crippen MR) is 97.9 cm³/mol. The number of aromatic nitrogens is 3. The minimum absolute atomic E-state index is 0.0851. The summed E-state index contributed by atoms with van der Waals surface area (Å²) >= 11 is 0. The summed E-state index contributed by atoms with van der Waals surface area (Å²) in [6.45, 7) is 2.79. The first-order valence-corrected chi connectivity index (χ1v) is 8.52. The van der Waals surface area contributed by atoms with Crippen molar-refractivity contribution in [3.8, 4) is 0 Å². The fourth-order valence-corrected chi connectivity index (χ4v) is 3.08. The number of hydrogen-bond acceptors (Lipinski definition) is 9. The van der Waals surface area contributed by atoms with Gasteiger partial charge in [0.05, 0.1) is 18.0 Å². The summed E-state index contributed by atoms with van der Waals surface area (Å²) in [7, 11) is 1.36. The monoisotopic (exact) mass is 372 g/mol. The second-order valence-electron chi connectivity index (χ2n) is 6.23. The third-order valence-electron chi connectivity index (χ3n) is 4.56. The van der Waals surface area contributed by atoms with Crippen molar-refractivity contribution in [3.05, 3.63) is 40.3 Å². The highest BCUT2D eigenvalue weighted by Crippen LogP contribution is 2.35. The second kappa shape index (κ2) is 7.94. The Hall–Kier alpha value is -3.30. The minimum atomic E-state index is -0.498. The topological polar surface area (TPSA) is 123 Å². The third-order valence-corrected chi connectivity index (χ3v) is 4.56. The number of carbonyl (C=O) groups is 1. The number of methoxy groups -OCH3 is 1. The van der Waals surface area contributed by atoms with Crippen LogP contribution < -0.4 is 10.2 Å². The molecule has 0 aromatic carbocycles. The summed E-state index contributed by atoms with van der Waals surface area (Å²) in [5, 5.41) is 14.7. The molecule has 1 aliphatic heterocycles. The van der Waals surface area contributed by atoms with Gasteiger partial charge in [0.1, 0.15) is 12.1 Å². The lowest BCUT2D eigenvalue weighted by Gasteiger charge is -2.31. The number of rotatable bonds is 5. The van der Waals surface area contributed by atoms with Gasteiger partial charge in [0.25, 0.3) is 0 Å². The zero-order chi connectivity index (χ0) is 19.4. The first-order valence-electron chi connectivity index (χ1n) is 8.52. The summed E-state index contributed by atoms with van der Waals surface area (Å²) in [5.74, 6) is 0.367. The molecule has 0 radical (unpaired) electrons. The van der Waals surface area contributed by atoms with Gasteiger partial charge < -0.3 is 15.0 Å². The van der Waals surface area contributed by atoms with E-state index in [9.17, 15) is 14.9 Å². The molecular formula is C17H20N6O4. The largest absolute Gasteiger partial charge is 0.469 e. The van der Waals surface area contributed by atoms with Gasteiger partial charge in [0.15, 0.2) is 0 Å². The van der Waals surface area contributed by atoms with E-state index in [0.717, 1.165) is 5.56 Å². The Bertz CT molecular complexity index is 851. The molecule has 2 aromatic heterocycles. The van der Waals surface area contributed by atoms with Crippen molar-refractivity contribution in [2.24, 2.45) is 5.92 Å². The maximum atomic E-state index is 11.7. The summed E-state index contributed by atoms with van der Waals surface area (Å²) in [4.78, 5) is 37.1. The van der Waals surface area contributed by atoms with Gasteiger partial charge in [-0.05, 0) is 31.4 Å². The molecule has 0 aliphatic carbocycles. The van der Waals surface area contributed by atoms with Crippen LogP contribution in [-0.4, -0.2) is 46.0 Å². The number of nitrogens with zero attached hydrogens (tertiary/aromatic N) is 5. The van der Waals surface area contributed by atoms with E-state index in [1.165, 1.54) is 13.4 Å². The molecule has 0 unspecified atom stereocenters. The molecule has 142 valence electrons. The zero-order valence-electron chi connectivity index (χ0n) is 15.1. The lowest BCUT2D eigenvalue weighted by molar-refractivity contribution is -0.383. The van der Waals surface area contributed by atoms with Gasteiger partial charge >= 0.3 is 11.7 Å². The molecule has 1 aliphatic rings. The lowest BCUT2D eigenvalue weighted by Crippen LogP contribution is -2.37. The highest BCUT2D eigenvalue weighted by molar-refractivity contribution is 5.75. The van der Waals surface area contributed by atoms with Gasteiger partial charge in [-0.3, -0.25) is 14.9 Å². The number of ether oxygens (including phenoxy) is 1. The van der Waals surface area contributed by atoms with E-state index in [-0.39, 0.29) is 29.2 Å². The molecule has 0 amide bonds.